The van der Waals surface area contributed by atoms with Gasteiger partial charge in [-0.15, -0.1) is 0 Å². The number of H-pyrrole nitrogens is 2. The first kappa shape index (κ1) is 25.3. The molecule has 1 amide bonds. The van der Waals surface area contributed by atoms with Gasteiger partial charge < -0.3 is 25.8 Å². The summed E-state index contributed by atoms with van der Waals surface area (Å²) in [5, 5.41) is 16.1. The lowest BCUT2D eigenvalue weighted by atomic mass is 10.0. The smallest absolute Gasteiger partial charge is 0.410 e. The van der Waals surface area contributed by atoms with E-state index >= 15 is 0 Å². The number of methoxy groups -OCH3 is 1. The van der Waals surface area contributed by atoms with Gasteiger partial charge in [0.25, 0.3) is 5.91 Å². The van der Waals surface area contributed by atoms with Crippen LogP contribution in [-0.4, -0.2) is 38.9 Å². The van der Waals surface area contributed by atoms with Gasteiger partial charge in [-0.2, -0.15) is 23.5 Å². The van der Waals surface area contributed by atoms with Crippen molar-refractivity contribution < 1.29 is 27.1 Å². The van der Waals surface area contributed by atoms with E-state index in [4.69, 9.17) is 10.5 Å². The van der Waals surface area contributed by atoms with Gasteiger partial charge >= 0.3 is 11.9 Å². The average molecular weight is 517 g/mol. The van der Waals surface area contributed by atoms with Crippen LogP contribution in [0.3, 0.4) is 0 Å². The summed E-state index contributed by atoms with van der Waals surface area (Å²) in [5.41, 5.74) is 5.59. The van der Waals surface area contributed by atoms with Crippen LogP contribution in [0.2, 0.25) is 0 Å². The van der Waals surface area contributed by atoms with Gasteiger partial charge in [-0.1, -0.05) is 12.1 Å². The zero-order valence-corrected chi connectivity index (χ0v) is 19.3. The van der Waals surface area contributed by atoms with Crippen LogP contribution in [0, 0.1) is 17.1 Å². The molecule has 10 nitrogen and oxygen atoms in total. The standard InChI is InChI=1S/C23H19F4N7O3/c1-10(23(25,26)27)34-20(29)15(8-28)18(33-34)13-5-3-11(17-19(13)32-22(36)31-17)9-30-21(35)14-7-12(24)4-6-16(14)37-2/h3-7,10H,9,29H2,1-2H3,(H,30,35)(H2,31,32,36). The second-order valence-corrected chi connectivity index (χ2v) is 8.01. The molecule has 1 atom stereocenters. The van der Waals surface area contributed by atoms with Gasteiger partial charge in [0.15, 0.2) is 0 Å². The minimum absolute atomic E-state index is 0.0450. The molecule has 0 saturated carbocycles. The highest BCUT2D eigenvalue weighted by atomic mass is 19.4. The Hall–Kier alpha value is -4.80. The van der Waals surface area contributed by atoms with Crippen LogP contribution in [-0.2, 0) is 6.54 Å². The van der Waals surface area contributed by atoms with Gasteiger partial charge in [-0.25, -0.2) is 13.9 Å². The molecule has 4 rings (SSSR count). The molecule has 0 saturated heterocycles. The lowest BCUT2D eigenvalue weighted by Gasteiger charge is -2.17. The van der Waals surface area contributed by atoms with Gasteiger partial charge in [0, 0.05) is 12.1 Å². The lowest BCUT2D eigenvalue weighted by Crippen LogP contribution is -2.25. The van der Waals surface area contributed by atoms with E-state index in [0.29, 0.717) is 10.2 Å². The fourth-order valence-corrected chi connectivity index (χ4v) is 3.83. The highest BCUT2D eigenvalue weighted by Gasteiger charge is 2.40. The molecule has 2 aromatic carbocycles. The zero-order valence-electron chi connectivity index (χ0n) is 19.3. The quantitative estimate of drug-likeness (QED) is 0.288. The summed E-state index contributed by atoms with van der Waals surface area (Å²) in [6.45, 7) is 0.733. The van der Waals surface area contributed by atoms with Crippen molar-refractivity contribution in [2.45, 2.75) is 25.7 Å². The summed E-state index contributed by atoms with van der Waals surface area (Å²) in [6, 6.07) is 6.04. The number of carbonyl (C=O) groups excluding carboxylic acids is 1. The molecule has 0 aliphatic carbocycles. The van der Waals surface area contributed by atoms with E-state index in [1.54, 1.807) is 6.07 Å². The maximum Gasteiger partial charge on any atom is 0.410 e. The average Bonchev–Trinajstić information content (AvgIpc) is 3.40. The number of rotatable bonds is 6. The molecule has 14 heteroatoms. The maximum absolute atomic E-state index is 13.6. The Bertz CT molecular complexity index is 1610. The summed E-state index contributed by atoms with van der Waals surface area (Å²) in [7, 11) is 1.33. The van der Waals surface area contributed by atoms with Crippen molar-refractivity contribution in [3.05, 3.63) is 63.3 Å². The number of imidazole rings is 1. The minimum Gasteiger partial charge on any atom is -0.496 e. The van der Waals surface area contributed by atoms with Gasteiger partial charge in [0.2, 0.25) is 0 Å². The van der Waals surface area contributed by atoms with E-state index in [1.165, 1.54) is 25.3 Å². The first-order valence-electron chi connectivity index (χ1n) is 10.7. The molecule has 2 aromatic heterocycles. The highest BCUT2D eigenvalue weighted by Crippen LogP contribution is 2.37. The third-order valence-corrected chi connectivity index (χ3v) is 5.77. The minimum atomic E-state index is -4.67. The number of amides is 1. The largest absolute Gasteiger partial charge is 0.496 e. The number of carbonyl (C=O) groups is 1. The predicted molar refractivity (Wildman–Crippen MR) is 124 cm³/mol. The molecule has 0 aliphatic heterocycles. The van der Waals surface area contributed by atoms with Crippen LogP contribution in [0.1, 0.15) is 34.5 Å². The summed E-state index contributed by atoms with van der Waals surface area (Å²) < 4.78 is 59.1. The number of benzene rings is 2. The molecule has 5 N–H and O–H groups in total. The first-order chi connectivity index (χ1) is 17.5. The number of ether oxygens (including phenoxy) is 1. The van der Waals surface area contributed by atoms with Crippen molar-refractivity contribution >= 4 is 22.8 Å². The van der Waals surface area contributed by atoms with Crippen molar-refractivity contribution in [3.8, 4) is 23.1 Å². The number of aromatic nitrogens is 4. The van der Waals surface area contributed by atoms with Gasteiger partial charge in [0.05, 0.1) is 23.7 Å². The molecular formula is C23H19F4N7O3. The molecule has 0 bridgehead atoms. The number of anilines is 1. The molecule has 1 unspecified atom stereocenters. The number of nitriles is 1. The van der Waals surface area contributed by atoms with Crippen molar-refractivity contribution in [2.24, 2.45) is 0 Å². The Morgan fingerprint density at radius 2 is 1.97 bits per heavy atom. The van der Waals surface area contributed by atoms with E-state index in [1.807, 2.05) is 0 Å². The van der Waals surface area contributed by atoms with Crippen LogP contribution in [0.15, 0.2) is 35.1 Å². The number of aromatic amines is 2. The van der Waals surface area contributed by atoms with E-state index < -0.39 is 35.5 Å². The number of alkyl halides is 3. The Labute approximate surface area is 205 Å². The first-order valence-corrected chi connectivity index (χ1v) is 10.7. The molecule has 192 valence electrons. The van der Waals surface area contributed by atoms with Crippen molar-refractivity contribution in [1.29, 1.82) is 5.26 Å². The van der Waals surface area contributed by atoms with Crippen molar-refractivity contribution in [2.75, 3.05) is 12.8 Å². The van der Waals surface area contributed by atoms with Crippen LogP contribution in [0.5, 0.6) is 5.75 Å². The molecule has 2 heterocycles. The molecule has 4 aromatic rings. The second kappa shape index (κ2) is 9.34. The predicted octanol–water partition coefficient (Wildman–Crippen LogP) is 3.37. The Morgan fingerprint density at radius 1 is 1.27 bits per heavy atom. The fourth-order valence-electron chi connectivity index (χ4n) is 3.83. The summed E-state index contributed by atoms with van der Waals surface area (Å²) >= 11 is 0. The number of hydrogen-bond donors (Lipinski definition) is 4. The summed E-state index contributed by atoms with van der Waals surface area (Å²) in [5.74, 6) is -1.61. The highest BCUT2D eigenvalue weighted by molar-refractivity contribution is 5.98. The molecule has 0 aliphatic rings. The topological polar surface area (TPSA) is 155 Å². The molecule has 0 spiro atoms. The van der Waals surface area contributed by atoms with Gasteiger partial charge in [-0.3, -0.25) is 4.79 Å². The van der Waals surface area contributed by atoms with Gasteiger partial charge in [0.1, 0.15) is 40.8 Å². The third kappa shape index (κ3) is 4.58. The monoisotopic (exact) mass is 517 g/mol. The second-order valence-electron chi connectivity index (χ2n) is 8.01. The Morgan fingerprint density at radius 3 is 2.62 bits per heavy atom. The number of nitrogen functional groups attached to an aromatic ring is 1. The summed E-state index contributed by atoms with van der Waals surface area (Å²) in [6.07, 6.45) is -4.67. The molecule has 37 heavy (non-hydrogen) atoms. The van der Waals surface area contributed by atoms with E-state index in [-0.39, 0.29) is 45.7 Å². The number of fused-ring (bicyclic) bond motifs is 1. The van der Waals surface area contributed by atoms with Crippen LogP contribution in [0.4, 0.5) is 23.4 Å². The zero-order chi connectivity index (χ0) is 27.1. The maximum atomic E-state index is 13.6. The normalized spacial score (nSPS) is 12.4. The van der Waals surface area contributed by atoms with Crippen LogP contribution >= 0.6 is 0 Å². The Balaban J connectivity index is 1.74. The van der Waals surface area contributed by atoms with Crippen molar-refractivity contribution in [1.82, 2.24) is 25.1 Å². The number of nitrogens with zero attached hydrogens (tertiary/aromatic N) is 3. The fraction of sp³-hybridized carbons (Fsp3) is 0.217. The molecule has 0 fully saturated rings. The summed E-state index contributed by atoms with van der Waals surface area (Å²) in [4.78, 5) is 29.9. The van der Waals surface area contributed by atoms with E-state index in [9.17, 15) is 32.4 Å². The lowest BCUT2D eigenvalue weighted by molar-refractivity contribution is -0.164. The third-order valence-electron chi connectivity index (χ3n) is 5.77. The number of halogens is 4. The molecular weight excluding hydrogens is 498 g/mol. The SMILES string of the molecule is COc1ccc(F)cc1C(=O)NCc1ccc(-c2nn(C(C)C(F)(F)F)c(N)c2C#N)c2[nH]c(=O)[nH]c12. The van der Waals surface area contributed by atoms with Crippen LogP contribution in [0.25, 0.3) is 22.3 Å². The van der Waals surface area contributed by atoms with E-state index in [0.717, 1.165) is 19.1 Å². The van der Waals surface area contributed by atoms with Gasteiger partial charge in [-0.05, 0) is 30.7 Å². The number of nitrogens with one attached hydrogen (secondary N) is 3. The number of nitrogens with two attached hydrogens (primary N) is 1. The number of hydrogen-bond acceptors (Lipinski definition) is 6. The molecule has 0 radical (unpaired) electrons. The Kier molecular flexibility index (Phi) is 6.39. The van der Waals surface area contributed by atoms with Crippen molar-refractivity contribution in [3.63, 3.8) is 0 Å². The van der Waals surface area contributed by atoms with Crippen LogP contribution < -0.4 is 21.5 Å². The van der Waals surface area contributed by atoms with E-state index in [2.05, 4.69) is 20.4 Å².